The van der Waals surface area contributed by atoms with Gasteiger partial charge in [-0.05, 0) is 50.3 Å². The van der Waals surface area contributed by atoms with Gasteiger partial charge in [-0.2, -0.15) is 0 Å². The normalized spacial score (nSPS) is 22.2. The molecule has 2 heterocycles. The van der Waals surface area contributed by atoms with Gasteiger partial charge in [0.25, 0.3) is 5.91 Å². The largest absolute Gasteiger partial charge is 0.352 e. The summed E-state index contributed by atoms with van der Waals surface area (Å²) in [6, 6.07) is 4.89. The molecule has 1 unspecified atom stereocenters. The number of benzene rings is 1. The zero-order chi connectivity index (χ0) is 21.3. The fraction of sp³-hybridized carbons (Fsp3) is 0.591. The molecule has 0 aromatic heterocycles. The first-order chi connectivity index (χ1) is 14.4. The molecule has 162 valence electrons. The van der Waals surface area contributed by atoms with E-state index in [9.17, 15) is 14.4 Å². The van der Waals surface area contributed by atoms with Crippen molar-refractivity contribution in [3.05, 3.63) is 23.8 Å². The van der Waals surface area contributed by atoms with Crippen LogP contribution in [0.5, 0.6) is 0 Å². The van der Waals surface area contributed by atoms with Crippen LogP contribution in [0.25, 0.3) is 0 Å². The Bertz CT molecular complexity index is 830. The van der Waals surface area contributed by atoms with Crippen LogP contribution in [-0.4, -0.2) is 54.5 Å². The minimum Gasteiger partial charge on any atom is -0.352 e. The number of anilines is 2. The summed E-state index contributed by atoms with van der Waals surface area (Å²) in [4.78, 5) is 41.7. The number of hydrogen-bond donors (Lipinski definition) is 3. The van der Waals surface area contributed by atoms with Crippen molar-refractivity contribution in [2.75, 3.05) is 29.9 Å². The maximum absolute atomic E-state index is 13.3. The summed E-state index contributed by atoms with van der Waals surface area (Å²) in [5, 5.41) is 5.83. The minimum absolute atomic E-state index is 0.117. The van der Waals surface area contributed by atoms with Gasteiger partial charge in [0.05, 0.1) is 11.4 Å². The van der Waals surface area contributed by atoms with Crippen LogP contribution in [0.4, 0.5) is 16.2 Å². The van der Waals surface area contributed by atoms with E-state index in [4.69, 9.17) is 5.73 Å². The Morgan fingerprint density at radius 3 is 2.63 bits per heavy atom. The van der Waals surface area contributed by atoms with Gasteiger partial charge in [-0.25, -0.2) is 4.79 Å². The summed E-state index contributed by atoms with van der Waals surface area (Å²) in [5.74, 6) is 0.431. The van der Waals surface area contributed by atoms with Crippen molar-refractivity contribution in [3.63, 3.8) is 0 Å². The van der Waals surface area contributed by atoms with Gasteiger partial charge < -0.3 is 21.3 Å². The molecule has 2 aliphatic heterocycles. The van der Waals surface area contributed by atoms with E-state index in [-0.39, 0.29) is 36.3 Å². The molecule has 4 rings (SSSR count). The molecule has 1 saturated carbocycles. The predicted octanol–water partition coefficient (Wildman–Crippen LogP) is 2.30. The molecular formula is C22H31N5O3. The SMILES string of the molecule is CC1CC(=O)Nc2cc(C(=O)NCCC3CC3)ccc2N1C(=O)N1CCC(N)CC1. The molecule has 0 spiro atoms. The topological polar surface area (TPSA) is 108 Å². The molecule has 4 N–H and O–H groups in total. The number of likely N-dealkylation sites (tertiary alicyclic amines) is 1. The predicted molar refractivity (Wildman–Crippen MR) is 115 cm³/mol. The van der Waals surface area contributed by atoms with Gasteiger partial charge in [0.2, 0.25) is 5.91 Å². The first kappa shape index (κ1) is 20.7. The Labute approximate surface area is 177 Å². The number of hydrogen-bond acceptors (Lipinski definition) is 4. The van der Waals surface area contributed by atoms with Crippen molar-refractivity contribution in [1.82, 2.24) is 10.2 Å². The second-order valence-corrected chi connectivity index (χ2v) is 8.80. The van der Waals surface area contributed by atoms with Crippen LogP contribution in [0.2, 0.25) is 0 Å². The summed E-state index contributed by atoms with van der Waals surface area (Å²) in [7, 11) is 0. The summed E-state index contributed by atoms with van der Waals surface area (Å²) in [6.07, 6.45) is 5.27. The van der Waals surface area contributed by atoms with Crippen LogP contribution in [0, 0.1) is 5.92 Å². The molecule has 30 heavy (non-hydrogen) atoms. The van der Waals surface area contributed by atoms with Crippen LogP contribution >= 0.6 is 0 Å². The molecule has 1 aromatic carbocycles. The van der Waals surface area contributed by atoms with E-state index in [1.54, 1.807) is 28.0 Å². The highest BCUT2D eigenvalue weighted by Crippen LogP contribution is 2.34. The van der Waals surface area contributed by atoms with Gasteiger partial charge >= 0.3 is 6.03 Å². The molecule has 0 bridgehead atoms. The van der Waals surface area contributed by atoms with E-state index in [2.05, 4.69) is 10.6 Å². The monoisotopic (exact) mass is 413 g/mol. The Morgan fingerprint density at radius 1 is 1.20 bits per heavy atom. The van der Waals surface area contributed by atoms with Crippen LogP contribution in [0.1, 0.15) is 55.8 Å². The molecule has 8 heteroatoms. The van der Waals surface area contributed by atoms with E-state index in [0.717, 1.165) is 25.2 Å². The number of piperidine rings is 1. The molecule has 1 saturated heterocycles. The van der Waals surface area contributed by atoms with Crippen LogP contribution < -0.4 is 21.3 Å². The number of carbonyl (C=O) groups is 3. The number of nitrogens with two attached hydrogens (primary N) is 1. The summed E-state index contributed by atoms with van der Waals surface area (Å²) < 4.78 is 0. The average molecular weight is 414 g/mol. The second kappa shape index (κ2) is 8.63. The molecule has 2 fully saturated rings. The fourth-order valence-electron chi connectivity index (χ4n) is 4.22. The zero-order valence-corrected chi connectivity index (χ0v) is 17.5. The molecule has 1 aliphatic carbocycles. The van der Waals surface area contributed by atoms with Crippen molar-refractivity contribution in [1.29, 1.82) is 0 Å². The van der Waals surface area contributed by atoms with Gasteiger partial charge in [-0.1, -0.05) is 12.8 Å². The minimum atomic E-state index is -0.285. The Kier molecular flexibility index (Phi) is 5.94. The number of nitrogens with one attached hydrogen (secondary N) is 2. The van der Waals surface area contributed by atoms with Crippen LogP contribution in [-0.2, 0) is 4.79 Å². The van der Waals surface area contributed by atoms with Crippen LogP contribution in [0.3, 0.4) is 0 Å². The number of amides is 4. The van der Waals surface area contributed by atoms with E-state index in [1.165, 1.54) is 12.8 Å². The Hall–Kier alpha value is -2.61. The molecular weight excluding hydrogens is 382 g/mol. The summed E-state index contributed by atoms with van der Waals surface area (Å²) >= 11 is 0. The summed E-state index contributed by atoms with van der Waals surface area (Å²) in [6.45, 7) is 3.76. The highest BCUT2D eigenvalue weighted by Gasteiger charge is 2.34. The van der Waals surface area contributed by atoms with Gasteiger partial charge in [0.1, 0.15) is 0 Å². The van der Waals surface area contributed by atoms with E-state index in [0.29, 0.717) is 36.6 Å². The number of nitrogens with zero attached hydrogens (tertiary/aromatic N) is 2. The Balaban J connectivity index is 1.54. The number of fused-ring (bicyclic) bond motifs is 1. The number of urea groups is 1. The molecule has 8 nitrogen and oxygen atoms in total. The van der Waals surface area contributed by atoms with Gasteiger partial charge in [-0.3, -0.25) is 14.5 Å². The lowest BCUT2D eigenvalue weighted by atomic mass is 10.1. The van der Waals surface area contributed by atoms with Gasteiger partial charge in [0.15, 0.2) is 0 Å². The average Bonchev–Trinajstić information content (AvgIpc) is 3.54. The maximum atomic E-state index is 13.3. The maximum Gasteiger partial charge on any atom is 0.324 e. The highest BCUT2D eigenvalue weighted by atomic mass is 16.2. The molecule has 1 atom stereocenters. The smallest absolute Gasteiger partial charge is 0.324 e. The van der Waals surface area contributed by atoms with Crippen molar-refractivity contribution < 1.29 is 14.4 Å². The second-order valence-electron chi connectivity index (χ2n) is 8.80. The lowest BCUT2D eigenvalue weighted by molar-refractivity contribution is -0.116. The third kappa shape index (κ3) is 4.59. The third-order valence-corrected chi connectivity index (χ3v) is 6.27. The van der Waals surface area contributed by atoms with Crippen LogP contribution in [0.15, 0.2) is 18.2 Å². The third-order valence-electron chi connectivity index (χ3n) is 6.27. The molecule has 0 radical (unpaired) electrons. The highest BCUT2D eigenvalue weighted by molar-refractivity contribution is 6.06. The lowest BCUT2D eigenvalue weighted by Crippen LogP contribution is -2.51. The fourth-order valence-corrected chi connectivity index (χ4v) is 4.22. The Morgan fingerprint density at radius 2 is 1.93 bits per heavy atom. The number of rotatable bonds is 4. The number of carbonyl (C=O) groups excluding carboxylic acids is 3. The van der Waals surface area contributed by atoms with Gasteiger partial charge in [0, 0.05) is 43.7 Å². The standard InChI is InChI=1S/C22H31N5O3/c1-14-12-20(28)25-18-13-16(21(29)24-9-6-15-2-3-15)4-5-19(18)27(14)22(30)26-10-7-17(23)8-11-26/h4-5,13-15,17H,2-3,6-12,23H2,1H3,(H,24,29)(H,25,28). The van der Waals surface area contributed by atoms with Crippen molar-refractivity contribution in [2.24, 2.45) is 11.7 Å². The molecule has 1 aromatic rings. The molecule has 4 amide bonds. The van der Waals surface area contributed by atoms with Crippen molar-refractivity contribution in [2.45, 2.75) is 57.5 Å². The van der Waals surface area contributed by atoms with E-state index >= 15 is 0 Å². The lowest BCUT2D eigenvalue weighted by Gasteiger charge is -2.37. The van der Waals surface area contributed by atoms with E-state index < -0.39 is 0 Å². The van der Waals surface area contributed by atoms with Crippen molar-refractivity contribution >= 4 is 29.2 Å². The first-order valence-electron chi connectivity index (χ1n) is 11.0. The summed E-state index contributed by atoms with van der Waals surface area (Å²) in [5.41, 5.74) is 7.59. The molecule has 3 aliphatic rings. The first-order valence-corrected chi connectivity index (χ1v) is 11.0. The quantitative estimate of drug-likeness (QED) is 0.704. The zero-order valence-electron chi connectivity index (χ0n) is 17.5. The van der Waals surface area contributed by atoms with Gasteiger partial charge in [-0.15, -0.1) is 0 Å². The van der Waals surface area contributed by atoms with Crippen molar-refractivity contribution in [3.8, 4) is 0 Å². The van der Waals surface area contributed by atoms with E-state index in [1.807, 2.05) is 6.92 Å².